The first kappa shape index (κ1) is 20.1. The predicted molar refractivity (Wildman–Crippen MR) is 122 cm³/mol. The highest BCUT2D eigenvalue weighted by molar-refractivity contribution is 7.99. The zero-order chi connectivity index (χ0) is 21.9. The fourth-order valence-electron chi connectivity index (χ4n) is 3.36. The molecule has 0 spiro atoms. The summed E-state index contributed by atoms with van der Waals surface area (Å²) in [6, 6.07) is 18.9. The summed E-state index contributed by atoms with van der Waals surface area (Å²) in [6.45, 7) is 0.385. The third-order valence-electron chi connectivity index (χ3n) is 4.89. The second-order valence-electron chi connectivity index (χ2n) is 6.94. The van der Waals surface area contributed by atoms with Crippen LogP contribution in [0.4, 0.5) is 0 Å². The molecule has 0 aliphatic rings. The summed E-state index contributed by atoms with van der Waals surface area (Å²) in [5, 5.41) is 8.97. The van der Waals surface area contributed by atoms with Gasteiger partial charge in [-0.15, -0.1) is 5.10 Å². The molecule has 1 N–H and O–H groups in total. The topological polar surface area (TPSA) is 94.5 Å². The number of aromatic nitrogens is 4. The lowest BCUT2D eigenvalue weighted by atomic mass is 10.2. The summed E-state index contributed by atoms with van der Waals surface area (Å²) in [4.78, 5) is 21.9. The number of amides is 1. The van der Waals surface area contributed by atoms with Gasteiger partial charge < -0.3 is 14.5 Å². The van der Waals surface area contributed by atoms with Crippen LogP contribution in [-0.4, -0.2) is 38.4 Å². The molecule has 5 aromatic rings. The van der Waals surface area contributed by atoms with Crippen LogP contribution >= 0.6 is 11.8 Å². The van der Waals surface area contributed by atoms with Crippen LogP contribution in [0.25, 0.3) is 28.1 Å². The van der Waals surface area contributed by atoms with Gasteiger partial charge in [0.1, 0.15) is 5.75 Å². The van der Waals surface area contributed by atoms with Crippen molar-refractivity contribution in [3.05, 3.63) is 72.5 Å². The molecule has 0 unspecified atom stereocenters. The first-order chi connectivity index (χ1) is 15.7. The number of thioether (sulfide) groups is 1. The van der Waals surface area contributed by atoms with E-state index in [0.29, 0.717) is 28.9 Å². The molecular weight excluding hydrogens is 426 g/mol. The highest BCUT2D eigenvalue weighted by Crippen LogP contribution is 2.26. The van der Waals surface area contributed by atoms with E-state index in [1.807, 2.05) is 54.6 Å². The van der Waals surface area contributed by atoms with Crippen LogP contribution in [-0.2, 0) is 11.3 Å². The van der Waals surface area contributed by atoms with Crippen LogP contribution < -0.4 is 10.1 Å². The molecule has 0 atom stereocenters. The molecule has 8 nitrogen and oxygen atoms in total. The first-order valence-corrected chi connectivity index (χ1v) is 10.9. The van der Waals surface area contributed by atoms with E-state index in [2.05, 4.69) is 15.4 Å². The van der Waals surface area contributed by atoms with E-state index in [9.17, 15) is 4.79 Å². The van der Waals surface area contributed by atoms with Crippen LogP contribution in [0.5, 0.6) is 5.75 Å². The summed E-state index contributed by atoms with van der Waals surface area (Å²) >= 11 is 1.30. The standard InChI is InChI=1S/C23H19N5O3S/c1-30-18-10-5-2-7-15(18)13-24-20(29)14-32-23-25-17-9-4-3-8-16(17)22-26-21(27-28(22)23)19-11-6-12-31-19/h2-12H,13-14H2,1H3,(H,24,29). The maximum Gasteiger partial charge on any atom is 0.230 e. The molecule has 2 aromatic carbocycles. The molecule has 9 heteroatoms. The van der Waals surface area contributed by atoms with E-state index in [1.165, 1.54) is 11.8 Å². The predicted octanol–water partition coefficient (Wildman–Crippen LogP) is 3.95. The number of benzene rings is 2. The number of carbonyl (C=O) groups excluding carboxylic acids is 1. The Morgan fingerprint density at radius 2 is 1.94 bits per heavy atom. The van der Waals surface area contributed by atoms with E-state index < -0.39 is 0 Å². The van der Waals surface area contributed by atoms with Crippen molar-refractivity contribution >= 4 is 34.2 Å². The Morgan fingerprint density at radius 1 is 1.09 bits per heavy atom. The zero-order valence-corrected chi connectivity index (χ0v) is 18.0. The van der Waals surface area contributed by atoms with Crippen LogP contribution in [0.3, 0.4) is 0 Å². The number of nitrogens with zero attached hydrogens (tertiary/aromatic N) is 4. The van der Waals surface area contributed by atoms with Gasteiger partial charge in [-0.25, -0.2) is 9.97 Å². The lowest BCUT2D eigenvalue weighted by molar-refractivity contribution is -0.118. The van der Waals surface area contributed by atoms with Crippen molar-refractivity contribution in [1.29, 1.82) is 0 Å². The minimum absolute atomic E-state index is 0.115. The Kier molecular flexibility index (Phi) is 5.47. The second-order valence-corrected chi connectivity index (χ2v) is 7.88. The summed E-state index contributed by atoms with van der Waals surface area (Å²) in [5.41, 5.74) is 2.37. The van der Waals surface area contributed by atoms with Crippen LogP contribution in [0, 0.1) is 0 Å². The quantitative estimate of drug-likeness (QED) is 0.299. The van der Waals surface area contributed by atoms with Crippen LogP contribution in [0.15, 0.2) is 76.5 Å². The Bertz CT molecular complexity index is 1400. The molecule has 0 aliphatic carbocycles. The highest BCUT2D eigenvalue weighted by Gasteiger charge is 2.17. The zero-order valence-electron chi connectivity index (χ0n) is 17.2. The molecule has 0 radical (unpaired) electrons. The molecule has 32 heavy (non-hydrogen) atoms. The number of ether oxygens (including phenoxy) is 1. The largest absolute Gasteiger partial charge is 0.496 e. The number of nitrogens with one attached hydrogen (secondary N) is 1. The van der Waals surface area contributed by atoms with E-state index in [4.69, 9.17) is 14.1 Å². The maximum absolute atomic E-state index is 12.5. The lowest BCUT2D eigenvalue weighted by Crippen LogP contribution is -2.25. The number of methoxy groups -OCH3 is 1. The minimum atomic E-state index is -0.115. The molecule has 0 fully saturated rings. The molecular formula is C23H19N5O3S. The molecule has 3 aromatic heterocycles. The Balaban J connectivity index is 1.39. The van der Waals surface area contributed by atoms with Crippen molar-refractivity contribution in [1.82, 2.24) is 24.9 Å². The number of carbonyl (C=O) groups is 1. The van der Waals surface area contributed by atoms with Crippen molar-refractivity contribution in [2.75, 3.05) is 12.9 Å². The Labute approximate surface area is 187 Å². The van der Waals surface area contributed by atoms with Crippen molar-refractivity contribution in [3.63, 3.8) is 0 Å². The minimum Gasteiger partial charge on any atom is -0.496 e. The number of hydrogen-bond acceptors (Lipinski definition) is 7. The number of fused-ring (bicyclic) bond motifs is 3. The monoisotopic (exact) mass is 445 g/mol. The van der Waals surface area contributed by atoms with Crippen LogP contribution in [0.2, 0.25) is 0 Å². The van der Waals surface area contributed by atoms with Crippen molar-refractivity contribution in [2.24, 2.45) is 0 Å². The van der Waals surface area contributed by atoms with Crippen molar-refractivity contribution in [3.8, 4) is 17.3 Å². The van der Waals surface area contributed by atoms with Crippen LogP contribution in [0.1, 0.15) is 5.56 Å². The Morgan fingerprint density at radius 3 is 2.78 bits per heavy atom. The molecule has 1 amide bonds. The second kappa shape index (κ2) is 8.72. The molecule has 5 rings (SSSR count). The van der Waals surface area contributed by atoms with Gasteiger partial charge in [0.15, 0.2) is 16.6 Å². The fraction of sp³-hybridized carbons (Fsp3) is 0.130. The summed E-state index contributed by atoms with van der Waals surface area (Å²) in [7, 11) is 1.61. The average Bonchev–Trinajstić information content (AvgIpc) is 3.51. The van der Waals surface area contributed by atoms with Gasteiger partial charge in [-0.3, -0.25) is 4.79 Å². The van der Waals surface area contributed by atoms with Gasteiger partial charge in [-0.2, -0.15) is 4.52 Å². The molecule has 160 valence electrons. The van der Waals surface area contributed by atoms with Crippen molar-refractivity contribution in [2.45, 2.75) is 11.7 Å². The number of rotatable bonds is 7. The molecule has 0 aliphatic heterocycles. The normalized spacial score (nSPS) is 11.2. The lowest BCUT2D eigenvalue weighted by Gasteiger charge is -2.10. The van der Waals surface area contributed by atoms with Gasteiger partial charge in [0, 0.05) is 17.5 Å². The third kappa shape index (κ3) is 3.90. The Hall–Kier alpha value is -3.85. The molecule has 0 saturated heterocycles. The SMILES string of the molecule is COc1ccccc1CNC(=O)CSc1nc2ccccc2c2nc(-c3ccco3)nn12. The highest BCUT2D eigenvalue weighted by atomic mass is 32.2. The van der Waals surface area contributed by atoms with E-state index in [-0.39, 0.29) is 11.7 Å². The fourth-order valence-corrected chi connectivity index (χ4v) is 4.13. The molecule has 3 heterocycles. The summed E-state index contributed by atoms with van der Waals surface area (Å²) in [6.07, 6.45) is 1.58. The molecule has 0 bridgehead atoms. The van der Waals surface area contributed by atoms with Gasteiger partial charge in [-0.05, 0) is 30.3 Å². The average molecular weight is 446 g/mol. The van der Waals surface area contributed by atoms with Gasteiger partial charge in [-0.1, -0.05) is 42.1 Å². The maximum atomic E-state index is 12.5. The van der Waals surface area contributed by atoms with E-state index >= 15 is 0 Å². The summed E-state index contributed by atoms with van der Waals surface area (Å²) < 4.78 is 12.5. The number of para-hydroxylation sites is 2. The van der Waals surface area contributed by atoms with Crippen molar-refractivity contribution < 1.29 is 13.9 Å². The van der Waals surface area contributed by atoms with Gasteiger partial charge >= 0.3 is 0 Å². The van der Waals surface area contributed by atoms with E-state index in [1.54, 1.807) is 24.0 Å². The smallest absolute Gasteiger partial charge is 0.230 e. The molecule has 0 saturated carbocycles. The van der Waals surface area contributed by atoms with Gasteiger partial charge in [0.2, 0.25) is 11.7 Å². The summed E-state index contributed by atoms with van der Waals surface area (Å²) in [5.74, 6) is 1.85. The van der Waals surface area contributed by atoms with Gasteiger partial charge in [0.25, 0.3) is 0 Å². The first-order valence-electron chi connectivity index (χ1n) is 9.94. The third-order valence-corrected chi connectivity index (χ3v) is 5.82. The number of furan rings is 1. The van der Waals surface area contributed by atoms with Gasteiger partial charge in [0.05, 0.1) is 24.6 Å². The van der Waals surface area contributed by atoms with E-state index in [0.717, 1.165) is 22.2 Å². The number of hydrogen-bond donors (Lipinski definition) is 1.